The fourth-order valence-electron chi connectivity index (χ4n) is 2.96. The molecule has 0 aliphatic heterocycles. The Morgan fingerprint density at radius 2 is 1.90 bits per heavy atom. The van der Waals surface area contributed by atoms with E-state index in [0.29, 0.717) is 0 Å². The predicted molar refractivity (Wildman–Crippen MR) is 83.0 cm³/mol. The number of rotatable bonds is 7. The van der Waals surface area contributed by atoms with Crippen molar-refractivity contribution in [3.63, 3.8) is 0 Å². The molecule has 1 unspecified atom stereocenters. The number of para-hydroxylation sites is 1. The number of hydrogen-bond acceptors (Lipinski definition) is 3. The van der Waals surface area contributed by atoms with Crippen LogP contribution in [-0.2, 0) is 4.74 Å². The molecule has 0 spiro atoms. The minimum atomic E-state index is -0.232. The van der Waals surface area contributed by atoms with Gasteiger partial charge < -0.3 is 14.5 Å². The Morgan fingerprint density at radius 3 is 2.45 bits per heavy atom. The summed E-state index contributed by atoms with van der Waals surface area (Å²) >= 11 is 0. The topological polar surface area (TPSA) is 34.4 Å². The van der Waals surface area contributed by atoms with Crippen LogP contribution in [0.4, 0.5) is 0 Å². The number of benzene rings is 1. The summed E-state index contributed by atoms with van der Waals surface area (Å²) in [5.74, 6) is 0.957. The van der Waals surface area contributed by atoms with E-state index in [1.54, 1.807) is 7.11 Å². The molecule has 0 saturated carbocycles. The number of hydrogen-bond donors (Lipinski definition) is 1. The number of furan rings is 1. The van der Waals surface area contributed by atoms with Crippen molar-refractivity contribution in [2.24, 2.45) is 0 Å². The zero-order valence-corrected chi connectivity index (χ0v) is 12.9. The van der Waals surface area contributed by atoms with Gasteiger partial charge in [0.15, 0.2) is 0 Å². The van der Waals surface area contributed by atoms with E-state index in [0.717, 1.165) is 36.1 Å². The van der Waals surface area contributed by atoms with E-state index < -0.39 is 0 Å². The predicted octanol–water partition coefficient (Wildman–Crippen LogP) is 4.29. The first-order chi connectivity index (χ1) is 9.70. The second-order valence-corrected chi connectivity index (χ2v) is 5.15. The monoisotopic (exact) mass is 275 g/mol. The van der Waals surface area contributed by atoms with Crippen LogP contribution in [0, 0.1) is 0 Å². The Bertz CT molecular complexity index is 501. The Morgan fingerprint density at radius 1 is 1.20 bits per heavy atom. The number of ether oxygens (including phenoxy) is 1. The molecule has 0 aliphatic carbocycles. The first-order valence-electron chi connectivity index (χ1n) is 7.47. The average Bonchev–Trinajstić information content (AvgIpc) is 2.92. The Kier molecular flexibility index (Phi) is 4.84. The Hall–Kier alpha value is -1.32. The molecule has 0 amide bonds. The van der Waals surface area contributed by atoms with Gasteiger partial charge in [0, 0.05) is 12.5 Å². The van der Waals surface area contributed by atoms with Gasteiger partial charge in [0.25, 0.3) is 0 Å². The van der Waals surface area contributed by atoms with Crippen molar-refractivity contribution < 1.29 is 9.15 Å². The van der Waals surface area contributed by atoms with Crippen molar-refractivity contribution in [2.45, 2.75) is 45.3 Å². The first-order valence-corrected chi connectivity index (χ1v) is 7.47. The van der Waals surface area contributed by atoms with Crippen LogP contribution in [0.2, 0.25) is 0 Å². The van der Waals surface area contributed by atoms with Crippen molar-refractivity contribution in [3.05, 3.63) is 36.1 Å². The first kappa shape index (κ1) is 15.1. The molecule has 0 fully saturated rings. The highest BCUT2D eigenvalue weighted by atomic mass is 16.5. The summed E-state index contributed by atoms with van der Waals surface area (Å²) in [6.07, 6.45) is 1.88. The van der Waals surface area contributed by atoms with Crippen molar-refractivity contribution in [3.8, 4) is 0 Å². The lowest BCUT2D eigenvalue weighted by Crippen LogP contribution is -2.44. The Labute approximate surface area is 121 Å². The zero-order valence-electron chi connectivity index (χ0n) is 12.9. The summed E-state index contributed by atoms with van der Waals surface area (Å²) in [5.41, 5.74) is 0.701. The summed E-state index contributed by atoms with van der Waals surface area (Å²) in [6.45, 7) is 7.33. The SMILES string of the molecule is CCNC(c1cc2ccccc2o1)C(CC)(CC)OC. The van der Waals surface area contributed by atoms with E-state index in [1.165, 1.54) is 0 Å². The molecule has 20 heavy (non-hydrogen) atoms. The van der Waals surface area contributed by atoms with E-state index in [-0.39, 0.29) is 11.6 Å². The molecule has 0 bridgehead atoms. The number of nitrogens with one attached hydrogen (secondary N) is 1. The molecule has 0 aliphatic rings. The summed E-state index contributed by atoms with van der Waals surface area (Å²) in [7, 11) is 1.79. The van der Waals surface area contributed by atoms with Gasteiger partial charge in [0.1, 0.15) is 11.3 Å². The van der Waals surface area contributed by atoms with Gasteiger partial charge in [-0.05, 0) is 31.5 Å². The van der Waals surface area contributed by atoms with Gasteiger partial charge in [0.2, 0.25) is 0 Å². The molecule has 0 radical (unpaired) electrons. The molecule has 2 aromatic rings. The highest BCUT2D eigenvalue weighted by Gasteiger charge is 2.38. The minimum absolute atomic E-state index is 0.0694. The van der Waals surface area contributed by atoms with Gasteiger partial charge in [-0.15, -0.1) is 0 Å². The van der Waals surface area contributed by atoms with Gasteiger partial charge in [0.05, 0.1) is 11.6 Å². The fraction of sp³-hybridized carbons (Fsp3) is 0.529. The maximum Gasteiger partial charge on any atom is 0.134 e. The van der Waals surface area contributed by atoms with Crippen LogP contribution in [-0.4, -0.2) is 19.3 Å². The molecule has 110 valence electrons. The fourth-order valence-corrected chi connectivity index (χ4v) is 2.96. The van der Waals surface area contributed by atoms with Gasteiger partial charge in [-0.3, -0.25) is 0 Å². The summed E-state index contributed by atoms with van der Waals surface area (Å²) in [6, 6.07) is 10.3. The van der Waals surface area contributed by atoms with Crippen LogP contribution in [0.1, 0.15) is 45.4 Å². The normalized spacial score (nSPS) is 13.8. The Balaban J connectivity index is 2.46. The van der Waals surface area contributed by atoms with Crippen LogP contribution < -0.4 is 5.32 Å². The van der Waals surface area contributed by atoms with E-state index in [4.69, 9.17) is 9.15 Å². The third kappa shape index (κ3) is 2.60. The highest BCUT2D eigenvalue weighted by Crippen LogP contribution is 2.37. The molecule has 1 aromatic carbocycles. The lowest BCUT2D eigenvalue weighted by Gasteiger charge is -2.37. The van der Waals surface area contributed by atoms with Crippen LogP contribution in [0.25, 0.3) is 11.0 Å². The molecule has 0 saturated heterocycles. The van der Waals surface area contributed by atoms with Gasteiger partial charge in [-0.25, -0.2) is 0 Å². The van der Waals surface area contributed by atoms with Gasteiger partial charge >= 0.3 is 0 Å². The van der Waals surface area contributed by atoms with Crippen molar-refractivity contribution in [1.29, 1.82) is 0 Å². The lowest BCUT2D eigenvalue weighted by atomic mass is 9.86. The maximum atomic E-state index is 6.05. The van der Waals surface area contributed by atoms with E-state index in [9.17, 15) is 0 Å². The van der Waals surface area contributed by atoms with E-state index in [2.05, 4.69) is 38.2 Å². The number of fused-ring (bicyclic) bond motifs is 1. The summed E-state index contributed by atoms with van der Waals surface area (Å²) < 4.78 is 11.9. The van der Waals surface area contributed by atoms with Crippen molar-refractivity contribution in [1.82, 2.24) is 5.32 Å². The molecule has 1 atom stereocenters. The molecule has 2 rings (SSSR count). The number of likely N-dealkylation sites (N-methyl/N-ethyl adjacent to an activating group) is 1. The molecular formula is C17H25NO2. The second kappa shape index (κ2) is 6.42. The molecule has 3 nitrogen and oxygen atoms in total. The number of methoxy groups -OCH3 is 1. The third-order valence-electron chi connectivity index (χ3n) is 4.27. The van der Waals surface area contributed by atoms with Crippen LogP contribution in [0.3, 0.4) is 0 Å². The van der Waals surface area contributed by atoms with Crippen LogP contribution in [0.15, 0.2) is 34.7 Å². The molecule has 1 aromatic heterocycles. The lowest BCUT2D eigenvalue weighted by molar-refractivity contribution is -0.0529. The average molecular weight is 275 g/mol. The largest absolute Gasteiger partial charge is 0.459 e. The van der Waals surface area contributed by atoms with E-state index >= 15 is 0 Å². The minimum Gasteiger partial charge on any atom is -0.459 e. The van der Waals surface area contributed by atoms with Crippen LogP contribution >= 0.6 is 0 Å². The zero-order chi connectivity index (χ0) is 14.6. The molecule has 3 heteroatoms. The smallest absolute Gasteiger partial charge is 0.134 e. The maximum absolute atomic E-state index is 6.05. The highest BCUT2D eigenvalue weighted by molar-refractivity contribution is 5.77. The van der Waals surface area contributed by atoms with Gasteiger partial charge in [-0.2, -0.15) is 0 Å². The quantitative estimate of drug-likeness (QED) is 0.818. The summed E-state index contributed by atoms with van der Waals surface area (Å²) in [5, 5.41) is 4.68. The van der Waals surface area contributed by atoms with Crippen LogP contribution in [0.5, 0.6) is 0 Å². The van der Waals surface area contributed by atoms with Crippen molar-refractivity contribution in [2.75, 3.05) is 13.7 Å². The molecule has 1 heterocycles. The molecular weight excluding hydrogens is 250 g/mol. The molecule has 1 N–H and O–H groups in total. The van der Waals surface area contributed by atoms with Crippen molar-refractivity contribution >= 4 is 11.0 Å². The second-order valence-electron chi connectivity index (χ2n) is 5.15. The van der Waals surface area contributed by atoms with Gasteiger partial charge in [-0.1, -0.05) is 39.0 Å². The third-order valence-corrected chi connectivity index (χ3v) is 4.27. The summed E-state index contributed by atoms with van der Waals surface area (Å²) in [4.78, 5) is 0. The standard InChI is InChI=1S/C17H25NO2/c1-5-17(6-2,19-4)16(18-7-3)15-12-13-10-8-9-11-14(13)20-15/h8-12,16,18H,5-7H2,1-4H3. The van der Waals surface area contributed by atoms with E-state index in [1.807, 2.05) is 18.2 Å².